The summed E-state index contributed by atoms with van der Waals surface area (Å²) in [6.07, 6.45) is 1.13. The van der Waals surface area contributed by atoms with Gasteiger partial charge in [0.1, 0.15) is 17.0 Å². The second-order valence-corrected chi connectivity index (χ2v) is 5.65. The molecule has 1 unspecified atom stereocenters. The number of amides is 1. The van der Waals surface area contributed by atoms with Crippen LogP contribution >= 0.6 is 0 Å². The molecule has 0 bridgehead atoms. The third-order valence-electron chi connectivity index (χ3n) is 4.35. The average Bonchev–Trinajstić information content (AvgIpc) is 2.90. The maximum absolute atomic E-state index is 12.8. The van der Waals surface area contributed by atoms with Gasteiger partial charge in [0.25, 0.3) is 5.91 Å². The minimum atomic E-state index is -1.16. The van der Waals surface area contributed by atoms with Crippen LogP contribution in [-0.2, 0) is 4.79 Å². The summed E-state index contributed by atoms with van der Waals surface area (Å²) in [5.41, 5.74) is 0.000238. The first kappa shape index (κ1) is 16.1. The molecule has 1 fully saturated rings. The van der Waals surface area contributed by atoms with Crippen LogP contribution < -0.4 is 9.47 Å². The van der Waals surface area contributed by atoms with Crippen LogP contribution in [0.1, 0.15) is 35.7 Å². The van der Waals surface area contributed by atoms with Crippen molar-refractivity contribution < 1.29 is 24.2 Å². The lowest BCUT2D eigenvalue weighted by atomic mass is 9.98. The van der Waals surface area contributed by atoms with Crippen LogP contribution in [0.3, 0.4) is 0 Å². The number of carboxylic acids is 1. The van der Waals surface area contributed by atoms with Crippen molar-refractivity contribution in [2.75, 3.05) is 20.8 Å². The number of methoxy groups -OCH3 is 2. The molecule has 6 nitrogen and oxygen atoms in total. The highest BCUT2D eigenvalue weighted by Gasteiger charge is 2.46. The zero-order chi connectivity index (χ0) is 16.5. The summed E-state index contributed by atoms with van der Waals surface area (Å²) in [6.45, 7) is 3.85. The summed E-state index contributed by atoms with van der Waals surface area (Å²) in [5.74, 6) is -0.221. The maximum atomic E-state index is 12.8. The number of aliphatic carboxylic acids is 1. The smallest absolute Gasteiger partial charge is 0.329 e. The van der Waals surface area contributed by atoms with Gasteiger partial charge in [0.15, 0.2) is 0 Å². The van der Waals surface area contributed by atoms with Crippen molar-refractivity contribution in [3.8, 4) is 11.5 Å². The molecule has 1 amide bonds. The Morgan fingerprint density at radius 1 is 1.23 bits per heavy atom. The molecule has 1 atom stereocenters. The minimum Gasteiger partial charge on any atom is -0.496 e. The van der Waals surface area contributed by atoms with Crippen molar-refractivity contribution in [1.82, 2.24) is 4.90 Å². The predicted molar refractivity (Wildman–Crippen MR) is 80.6 cm³/mol. The van der Waals surface area contributed by atoms with E-state index in [1.807, 2.05) is 6.92 Å². The Hall–Kier alpha value is -2.24. The number of hydrogen-bond acceptors (Lipinski definition) is 4. The van der Waals surface area contributed by atoms with Gasteiger partial charge in [-0.25, -0.2) is 4.79 Å². The molecule has 1 saturated heterocycles. The van der Waals surface area contributed by atoms with Crippen molar-refractivity contribution in [2.45, 2.75) is 32.2 Å². The molecule has 1 aromatic carbocycles. The highest BCUT2D eigenvalue weighted by Crippen LogP contribution is 2.34. The summed E-state index contributed by atoms with van der Waals surface area (Å²) >= 11 is 0. The third kappa shape index (κ3) is 2.49. The molecule has 6 heteroatoms. The van der Waals surface area contributed by atoms with Gasteiger partial charge in [-0.2, -0.15) is 0 Å². The first-order valence-electron chi connectivity index (χ1n) is 7.13. The summed E-state index contributed by atoms with van der Waals surface area (Å²) in [4.78, 5) is 25.7. The van der Waals surface area contributed by atoms with E-state index in [1.165, 1.54) is 19.1 Å². The van der Waals surface area contributed by atoms with Crippen molar-refractivity contribution in [1.29, 1.82) is 0 Å². The molecule has 0 spiro atoms. The number of benzene rings is 1. The van der Waals surface area contributed by atoms with Crippen LogP contribution in [-0.4, -0.2) is 48.2 Å². The zero-order valence-corrected chi connectivity index (χ0v) is 13.3. The van der Waals surface area contributed by atoms with Crippen molar-refractivity contribution >= 4 is 11.9 Å². The van der Waals surface area contributed by atoms with Gasteiger partial charge in [0.05, 0.1) is 14.2 Å². The monoisotopic (exact) mass is 307 g/mol. The van der Waals surface area contributed by atoms with Crippen LogP contribution in [0.15, 0.2) is 12.1 Å². The molecular weight excluding hydrogens is 286 g/mol. The molecule has 0 saturated carbocycles. The van der Waals surface area contributed by atoms with E-state index in [9.17, 15) is 14.7 Å². The fraction of sp³-hybridized carbons (Fsp3) is 0.500. The predicted octanol–water partition coefficient (Wildman–Crippen LogP) is 2.09. The first-order valence-corrected chi connectivity index (χ1v) is 7.13. The molecule has 1 N–H and O–H groups in total. The molecule has 0 aromatic heterocycles. The maximum Gasteiger partial charge on any atom is 0.329 e. The van der Waals surface area contributed by atoms with Crippen LogP contribution in [0.25, 0.3) is 0 Å². The topological polar surface area (TPSA) is 76.1 Å². The van der Waals surface area contributed by atoms with Crippen molar-refractivity contribution in [3.05, 3.63) is 23.3 Å². The number of likely N-dealkylation sites (tertiary alicyclic amines) is 1. The van der Waals surface area contributed by atoms with Gasteiger partial charge >= 0.3 is 5.97 Å². The Labute approximate surface area is 129 Å². The molecule has 22 heavy (non-hydrogen) atoms. The largest absolute Gasteiger partial charge is 0.496 e. The molecule has 0 radical (unpaired) electrons. The number of rotatable bonds is 4. The molecule has 1 aliphatic rings. The third-order valence-corrected chi connectivity index (χ3v) is 4.35. The summed E-state index contributed by atoms with van der Waals surface area (Å²) < 4.78 is 10.5. The standard InChI is InChI=1S/C16H21NO5/c1-10-12(21-3)8-11(9-13(10)22-4)14(18)17-7-5-6-16(17,2)15(19)20/h8-9H,5-7H2,1-4H3,(H,19,20). The molecule has 1 aromatic rings. The average molecular weight is 307 g/mol. The Bertz CT molecular complexity index is 588. The molecule has 0 aliphatic carbocycles. The second kappa shape index (κ2) is 5.87. The Morgan fingerprint density at radius 2 is 1.77 bits per heavy atom. The number of carbonyl (C=O) groups excluding carboxylic acids is 1. The second-order valence-electron chi connectivity index (χ2n) is 5.65. The lowest BCUT2D eigenvalue weighted by Crippen LogP contribution is -2.50. The SMILES string of the molecule is COc1cc(C(=O)N2CCCC2(C)C(=O)O)cc(OC)c1C. The zero-order valence-electron chi connectivity index (χ0n) is 13.3. The van der Waals surface area contributed by atoms with Gasteiger partial charge in [0, 0.05) is 17.7 Å². The highest BCUT2D eigenvalue weighted by molar-refractivity contribution is 5.99. The minimum absolute atomic E-state index is 0.320. The number of hydrogen-bond donors (Lipinski definition) is 1. The van der Waals surface area contributed by atoms with Gasteiger partial charge in [-0.1, -0.05) is 0 Å². The molecule has 1 aliphatic heterocycles. The quantitative estimate of drug-likeness (QED) is 0.922. The van der Waals surface area contributed by atoms with E-state index >= 15 is 0 Å². The number of carboxylic acid groups (broad SMARTS) is 1. The normalized spacial score (nSPS) is 20.8. The van der Waals surface area contributed by atoms with E-state index < -0.39 is 11.5 Å². The van der Waals surface area contributed by atoms with Gasteiger partial charge in [0.2, 0.25) is 0 Å². The summed E-state index contributed by atoms with van der Waals surface area (Å²) in [6, 6.07) is 3.25. The van der Waals surface area contributed by atoms with E-state index in [-0.39, 0.29) is 5.91 Å². The first-order chi connectivity index (χ1) is 10.3. The van der Waals surface area contributed by atoms with Gasteiger partial charge in [-0.15, -0.1) is 0 Å². The summed E-state index contributed by atoms with van der Waals surface area (Å²) in [5, 5.41) is 9.44. The van der Waals surface area contributed by atoms with Gasteiger partial charge in [-0.3, -0.25) is 4.79 Å². The lowest BCUT2D eigenvalue weighted by molar-refractivity contribution is -0.147. The molecule has 120 valence electrons. The Kier molecular flexibility index (Phi) is 4.30. The fourth-order valence-corrected chi connectivity index (χ4v) is 2.88. The lowest BCUT2D eigenvalue weighted by Gasteiger charge is -2.31. The Balaban J connectivity index is 2.43. The highest BCUT2D eigenvalue weighted by atomic mass is 16.5. The number of ether oxygens (including phenoxy) is 2. The molecule has 2 rings (SSSR count). The van der Waals surface area contributed by atoms with Crippen LogP contribution in [0, 0.1) is 6.92 Å². The van der Waals surface area contributed by atoms with Gasteiger partial charge in [-0.05, 0) is 38.8 Å². The van der Waals surface area contributed by atoms with Crippen LogP contribution in [0.5, 0.6) is 11.5 Å². The van der Waals surface area contributed by atoms with E-state index in [0.29, 0.717) is 36.4 Å². The van der Waals surface area contributed by atoms with E-state index in [0.717, 1.165) is 5.56 Å². The van der Waals surface area contributed by atoms with Gasteiger partial charge < -0.3 is 19.5 Å². The molecule has 1 heterocycles. The fourth-order valence-electron chi connectivity index (χ4n) is 2.88. The van der Waals surface area contributed by atoms with E-state index in [2.05, 4.69) is 0 Å². The van der Waals surface area contributed by atoms with E-state index in [1.54, 1.807) is 19.1 Å². The van der Waals surface area contributed by atoms with Crippen LogP contribution in [0.2, 0.25) is 0 Å². The number of nitrogens with zero attached hydrogens (tertiary/aromatic N) is 1. The Morgan fingerprint density at radius 3 is 2.23 bits per heavy atom. The van der Waals surface area contributed by atoms with E-state index in [4.69, 9.17) is 9.47 Å². The number of carbonyl (C=O) groups is 2. The summed E-state index contributed by atoms with van der Waals surface area (Å²) in [7, 11) is 3.04. The van der Waals surface area contributed by atoms with Crippen molar-refractivity contribution in [3.63, 3.8) is 0 Å². The van der Waals surface area contributed by atoms with Crippen LogP contribution in [0.4, 0.5) is 0 Å². The van der Waals surface area contributed by atoms with Crippen molar-refractivity contribution in [2.24, 2.45) is 0 Å². The molecular formula is C16H21NO5.